The van der Waals surface area contributed by atoms with Gasteiger partial charge in [-0.3, -0.25) is 9.69 Å². The average molecular weight is 289 g/mol. The predicted molar refractivity (Wildman–Crippen MR) is 79.9 cm³/mol. The molecule has 2 aliphatic rings. The molecule has 3 unspecified atom stereocenters. The van der Waals surface area contributed by atoms with Crippen molar-refractivity contribution in [1.29, 1.82) is 0 Å². The summed E-state index contributed by atoms with van der Waals surface area (Å²) in [6.45, 7) is 5.86. The van der Waals surface area contributed by atoms with Gasteiger partial charge in [0, 0.05) is 38.3 Å². The maximum Gasteiger partial charge on any atom is 0.308 e. The third-order valence-electron chi connectivity index (χ3n) is 5.26. The van der Waals surface area contributed by atoms with Gasteiger partial charge < -0.3 is 9.84 Å². The molecule has 1 aromatic carbocycles. The number of carboxylic acids is 1. The molecule has 21 heavy (non-hydrogen) atoms. The Morgan fingerprint density at radius 3 is 2.86 bits per heavy atom. The van der Waals surface area contributed by atoms with Crippen LogP contribution in [-0.2, 0) is 16.1 Å². The van der Waals surface area contributed by atoms with Crippen LogP contribution in [0.25, 0.3) is 0 Å². The Morgan fingerprint density at radius 2 is 2.19 bits per heavy atom. The number of hydrogen-bond acceptors (Lipinski definition) is 3. The van der Waals surface area contributed by atoms with Crippen molar-refractivity contribution >= 4 is 5.97 Å². The summed E-state index contributed by atoms with van der Waals surface area (Å²) in [5.41, 5.74) is 1.12. The summed E-state index contributed by atoms with van der Waals surface area (Å²) in [4.78, 5) is 14.1. The van der Waals surface area contributed by atoms with Gasteiger partial charge in [-0.15, -0.1) is 0 Å². The Kier molecular flexibility index (Phi) is 4.00. The molecule has 0 amide bonds. The average Bonchev–Trinajstić information content (AvgIpc) is 2.83. The van der Waals surface area contributed by atoms with Crippen molar-refractivity contribution in [3.05, 3.63) is 35.9 Å². The molecule has 0 aliphatic carbocycles. The van der Waals surface area contributed by atoms with Gasteiger partial charge in [0.1, 0.15) is 0 Å². The molecule has 2 aliphatic heterocycles. The molecule has 3 rings (SSSR count). The first-order valence-electron chi connectivity index (χ1n) is 7.68. The van der Waals surface area contributed by atoms with E-state index < -0.39 is 5.97 Å². The second-order valence-electron chi connectivity index (χ2n) is 6.51. The van der Waals surface area contributed by atoms with Crippen molar-refractivity contribution in [2.24, 2.45) is 17.3 Å². The molecule has 2 fully saturated rings. The molecule has 2 heterocycles. The van der Waals surface area contributed by atoms with Crippen molar-refractivity contribution in [3.63, 3.8) is 0 Å². The minimum atomic E-state index is -0.653. The lowest BCUT2D eigenvalue weighted by Gasteiger charge is -2.42. The predicted octanol–water partition coefficient (Wildman–Crippen LogP) is 2.25. The smallest absolute Gasteiger partial charge is 0.308 e. The van der Waals surface area contributed by atoms with E-state index in [0.29, 0.717) is 25.7 Å². The monoisotopic (exact) mass is 289 g/mol. The second-order valence-corrected chi connectivity index (χ2v) is 6.51. The van der Waals surface area contributed by atoms with E-state index in [1.165, 1.54) is 5.56 Å². The van der Waals surface area contributed by atoms with Gasteiger partial charge in [0.2, 0.25) is 0 Å². The number of aliphatic carboxylic acids is 1. The summed E-state index contributed by atoms with van der Waals surface area (Å²) < 4.78 is 5.54. The zero-order valence-electron chi connectivity index (χ0n) is 12.5. The zero-order chi connectivity index (χ0) is 14.9. The van der Waals surface area contributed by atoms with Crippen LogP contribution in [0.2, 0.25) is 0 Å². The number of likely N-dealkylation sites (tertiary alicyclic amines) is 1. The number of benzene rings is 1. The van der Waals surface area contributed by atoms with E-state index in [4.69, 9.17) is 4.74 Å². The van der Waals surface area contributed by atoms with E-state index in [0.717, 1.165) is 19.5 Å². The molecule has 0 saturated carbocycles. The van der Waals surface area contributed by atoms with E-state index in [1.54, 1.807) is 0 Å². The van der Waals surface area contributed by atoms with E-state index in [1.807, 2.05) is 18.2 Å². The fourth-order valence-corrected chi connectivity index (χ4v) is 4.00. The first-order chi connectivity index (χ1) is 10.1. The molecule has 1 spiro atoms. The quantitative estimate of drug-likeness (QED) is 0.927. The molecule has 1 aromatic rings. The molecule has 0 aromatic heterocycles. The van der Waals surface area contributed by atoms with Gasteiger partial charge in [0.05, 0.1) is 5.92 Å². The van der Waals surface area contributed by atoms with Crippen LogP contribution < -0.4 is 0 Å². The summed E-state index contributed by atoms with van der Waals surface area (Å²) in [5, 5.41) is 9.66. The van der Waals surface area contributed by atoms with Gasteiger partial charge in [-0.1, -0.05) is 37.3 Å². The van der Waals surface area contributed by atoms with Crippen LogP contribution in [0.15, 0.2) is 30.3 Å². The van der Waals surface area contributed by atoms with Crippen LogP contribution in [0, 0.1) is 17.3 Å². The van der Waals surface area contributed by atoms with Crippen LogP contribution in [0.5, 0.6) is 0 Å². The summed E-state index contributed by atoms with van der Waals surface area (Å²) in [6, 6.07) is 10.3. The molecule has 4 nitrogen and oxygen atoms in total. The Balaban J connectivity index is 1.79. The lowest BCUT2D eigenvalue weighted by atomic mass is 9.66. The maximum absolute atomic E-state index is 11.8. The first kappa shape index (κ1) is 14.5. The number of carbonyl (C=O) groups is 1. The van der Waals surface area contributed by atoms with E-state index in [2.05, 4.69) is 24.0 Å². The van der Waals surface area contributed by atoms with Crippen LogP contribution >= 0.6 is 0 Å². The highest BCUT2D eigenvalue weighted by molar-refractivity contribution is 5.72. The minimum absolute atomic E-state index is 0.126. The number of rotatable bonds is 3. The van der Waals surface area contributed by atoms with Crippen molar-refractivity contribution in [1.82, 2.24) is 4.90 Å². The molecule has 114 valence electrons. The molecule has 0 radical (unpaired) electrons. The van der Waals surface area contributed by atoms with E-state index >= 15 is 0 Å². The van der Waals surface area contributed by atoms with Gasteiger partial charge in [-0.2, -0.15) is 0 Å². The maximum atomic E-state index is 11.8. The first-order valence-corrected chi connectivity index (χ1v) is 7.68. The zero-order valence-corrected chi connectivity index (χ0v) is 12.5. The summed E-state index contributed by atoms with van der Waals surface area (Å²) in [5.74, 6) is -0.632. The van der Waals surface area contributed by atoms with E-state index in [9.17, 15) is 9.90 Å². The SMILES string of the molecule is CC1COCCC12CN(Cc1ccccc1)CC2C(=O)O. The summed E-state index contributed by atoms with van der Waals surface area (Å²) in [7, 11) is 0. The third-order valence-corrected chi connectivity index (χ3v) is 5.26. The van der Waals surface area contributed by atoms with Crippen molar-refractivity contribution < 1.29 is 14.6 Å². The van der Waals surface area contributed by atoms with Crippen molar-refractivity contribution in [3.8, 4) is 0 Å². The summed E-state index contributed by atoms with van der Waals surface area (Å²) in [6.07, 6.45) is 0.858. The van der Waals surface area contributed by atoms with Crippen LogP contribution in [-0.4, -0.2) is 42.3 Å². The van der Waals surface area contributed by atoms with Crippen molar-refractivity contribution in [2.75, 3.05) is 26.3 Å². The molecule has 3 atom stereocenters. The molecule has 4 heteroatoms. The van der Waals surface area contributed by atoms with Crippen molar-refractivity contribution in [2.45, 2.75) is 19.9 Å². The molecular formula is C17H23NO3. The van der Waals surface area contributed by atoms with E-state index in [-0.39, 0.29) is 11.3 Å². The highest BCUT2D eigenvalue weighted by Crippen LogP contribution is 2.47. The van der Waals surface area contributed by atoms with Crippen LogP contribution in [0.3, 0.4) is 0 Å². The Morgan fingerprint density at radius 1 is 1.43 bits per heavy atom. The normalized spacial score (nSPS) is 33.4. The number of nitrogens with zero attached hydrogens (tertiary/aromatic N) is 1. The lowest BCUT2D eigenvalue weighted by molar-refractivity contribution is -0.149. The topological polar surface area (TPSA) is 49.8 Å². The largest absolute Gasteiger partial charge is 0.481 e. The number of ether oxygens (including phenoxy) is 1. The molecule has 0 bridgehead atoms. The highest BCUT2D eigenvalue weighted by atomic mass is 16.5. The highest BCUT2D eigenvalue weighted by Gasteiger charge is 2.54. The lowest BCUT2D eigenvalue weighted by Crippen LogP contribution is -2.46. The van der Waals surface area contributed by atoms with Crippen LogP contribution in [0.4, 0.5) is 0 Å². The minimum Gasteiger partial charge on any atom is -0.481 e. The van der Waals surface area contributed by atoms with Crippen LogP contribution in [0.1, 0.15) is 18.9 Å². The van der Waals surface area contributed by atoms with Gasteiger partial charge in [0.25, 0.3) is 0 Å². The number of carboxylic acid groups (broad SMARTS) is 1. The second kappa shape index (κ2) is 5.78. The Labute approximate surface area is 125 Å². The van der Waals surface area contributed by atoms with Gasteiger partial charge in [-0.25, -0.2) is 0 Å². The number of hydrogen-bond donors (Lipinski definition) is 1. The van der Waals surface area contributed by atoms with Gasteiger partial charge >= 0.3 is 5.97 Å². The standard InChI is InChI=1S/C17H23NO3/c1-13-11-21-8-7-17(13)12-18(10-15(17)16(19)20)9-14-5-3-2-4-6-14/h2-6,13,15H,7-12H2,1H3,(H,19,20). The summed E-state index contributed by atoms with van der Waals surface area (Å²) >= 11 is 0. The fraction of sp³-hybridized carbons (Fsp3) is 0.588. The molecule has 1 N–H and O–H groups in total. The third kappa shape index (κ3) is 2.70. The molecular weight excluding hydrogens is 266 g/mol. The molecule has 2 saturated heterocycles. The fourth-order valence-electron chi connectivity index (χ4n) is 4.00. The Bertz CT molecular complexity index is 504. The van der Waals surface area contributed by atoms with Gasteiger partial charge in [0.15, 0.2) is 0 Å². The Hall–Kier alpha value is -1.39. The van der Waals surface area contributed by atoms with Gasteiger partial charge in [-0.05, 0) is 17.9 Å².